The largest absolute Gasteiger partial charge is 0.488 e. The lowest BCUT2D eigenvalue weighted by Crippen LogP contribution is -2.46. The summed E-state index contributed by atoms with van der Waals surface area (Å²) >= 11 is 0. The number of benzene rings is 1. The lowest BCUT2D eigenvalue weighted by Gasteiger charge is -2.37. The van der Waals surface area contributed by atoms with Gasteiger partial charge in [-0.3, -0.25) is 4.98 Å². The van der Waals surface area contributed by atoms with Crippen molar-refractivity contribution in [3.63, 3.8) is 0 Å². The van der Waals surface area contributed by atoms with Gasteiger partial charge in [-0.2, -0.15) is 0 Å². The molecule has 0 aliphatic carbocycles. The Morgan fingerprint density at radius 3 is 2.68 bits per heavy atom. The molecule has 2 aliphatic rings. The Bertz CT molecular complexity index is 1220. The Labute approximate surface area is 213 Å². The van der Waals surface area contributed by atoms with Crippen molar-refractivity contribution in [2.75, 3.05) is 36.5 Å². The fourth-order valence-electron chi connectivity index (χ4n) is 4.98. The molecule has 0 unspecified atom stereocenters. The number of pyridine rings is 2. The molecule has 10 heteroatoms. The molecule has 4 heterocycles. The number of ether oxygens (including phenoxy) is 2. The van der Waals surface area contributed by atoms with Crippen LogP contribution >= 0.6 is 0 Å². The monoisotopic (exact) mass is 513 g/mol. The van der Waals surface area contributed by atoms with Crippen LogP contribution in [-0.4, -0.2) is 48.4 Å². The highest BCUT2D eigenvalue weighted by molar-refractivity contribution is 5.69. The van der Waals surface area contributed by atoms with E-state index < -0.39 is 28.7 Å². The first-order valence-corrected chi connectivity index (χ1v) is 12.4. The van der Waals surface area contributed by atoms with E-state index in [1.807, 2.05) is 6.07 Å². The van der Waals surface area contributed by atoms with Crippen molar-refractivity contribution >= 4 is 11.4 Å². The van der Waals surface area contributed by atoms with E-state index in [0.717, 1.165) is 49.1 Å². The molecule has 3 N–H and O–H groups in total. The third-order valence-corrected chi connectivity index (χ3v) is 6.64. The molecule has 1 aromatic carbocycles. The molecule has 7 nitrogen and oxygen atoms in total. The number of nitrogens with one attached hydrogen (secondary N) is 1. The molecule has 0 bridgehead atoms. The van der Waals surface area contributed by atoms with E-state index in [-0.39, 0.29) is 24.4 Å². The van der Waals surface area contributed by atoms with Gasteiger partial charge in [0.2, 0.25) is 0 Å². The molecule has 0 radical (unpaired) electrons. The number of anilines is 2. The van der Waals surface area contributed by atoms with Gasteiger partial charge < -0.3 is 25.4 Å². The first-order chi connectivity index (χ1) is 17.9. The van der Waals surface area contributed by atoms with E-state index in [4.69, 9.17) is 15.2 Å². The van der Waals surface area contributed by atoms with Gasteiger partial charge in [0, 0.05) is 43.9 Å². The maximum atomic E-state index is 15.0. The topological polar surface area (TPSA) is 85.5 Å². The second kappa shape index (κ2) is 10.9. The summed E-state index contributed by atoms with van der Waals surface area (Å²) in [6, 6.07) is 6.74. The van der Waals surface area contributed by atoms with Crippen LogP contribution in [0.2, 0.25) is 0 Å². The minimum atomic E-state index is -0.949. The summed E-state index contributed by atoms with van der Waals surface area (Å²) in [5.74, 6) is -2.23. The molecule has 196 valence electrons. The molecule has 37 heavy (non-hydrogen) atoms. The van der Waals surface area contributed by atoms with Crippen LogP contribution in [0.15, 0.2) is 42.7 Å². The SMILES string of the molecule is C[C@@H]1C[C@H](N)CN(c2ccncc2NCc2ccc(F)c(-c3c(F)cc(O[C@@H]4CCOC4)cc3F)n2)C1. The van der Waals surface area contributed by atoms with Gasteiger partial charge in [-0.25, -0.2) is 18.2 Å². The lowest BCUT2D eigenvalue weighted by molar-refractivity contribution is 0.141. The number of rotatable bonds is 7. The Morgan fingerprint density at radius 2 is 1.95 bits per heavy atom. The fourth-order valence-corrected chi connectivity index (χ4v) is 4.98. The minimum Gasteiger partial charge on any atom is -0.488 e. The van der Waals surface area contributed by atoms with Gasteiger partial charge in [-0.1, -0.05) is 6.92 Å². The molecule has 2 aliphatic heterocycles. The Balaban J connectivity index is 1.35. The number of piperidine rings is 1. The van der Waals surface area contributed by atoms with E-state index in [9.17, 15) is 13.2 Å². The molecule has 3 aromatic rings. The summed E-state index contributed by atoms with van der Waals surface area (Å²) < 4.78 is 55.4. The Hall–Kier alpha value is -3.37. The van der Waals surface area contributed by atoms with Gasteiger partial charge in [0.05, 0.1) is 48.6 Å². The standard InChI is InChI=1S/C27H30F3N5O2/c1-16-8-17(31)14-35(13-16)25-4-6-32-12-24(25)33-11-18-2-3-21(28)27(34-18)26-22(29)9-20(10-23(26)30)37-19-5-7-36-15-19/h2-4,6,9-10,12,16-17,19,33H,5,7-8,11,13-15,31H2,1H3/t16-,17+,19-/m1/s1. The summed E-state index contributed by atoms with van der Waals surface area (Å²) in [6.45, 7) is 4.87. The van der Waals surface area contributed by atoms with Crippen molar-refractivity contribution in [1.82, 2.24) is 9.97 Å². The van der Waals surface area contributed by atoms with Crippen LogP contribution in [0.4, 0.5) is 24.5 Å². The maximum absolute atomic E-state index is 15.0. The molecule has 3 atom stereocenters. The highest BCUT2D eigenvalue weighted by atomic mass is 19.1. The van der Waals surface area contributed by atoms with Crippen molar-refractivity contribution in [2.45, 2.75) is 38.5 Å². The molecule has 0 saturated carbocycles. The van der Waals surface area contributed by atoms with Crippen LogP contribution in [-0.2, 0) is 11.3 Å². The van der Waals surface area contributed by atoms with Crippen molar-refractivity contribution in [3.8, 4) is 17.0 Å². The number of nitrogens with zero attached hydrogens (tertiary/aromatic N) is 3. The Kier molecular flexibility index (Phi) is 7.48. The van der Waals surface area contributed by atoms with E-state index in [0.29, 0.717) is 31.2 Å². The van der Waals surface area contributed by atoms with Crippen LogP contribution in [0.5, 0.6) is 5.75 Å². The molecule has 2 aromatic heterocycles. The van der Waals surface area contributed by atoms with E-state index in [1.165, 1.54) is 6.07 Å². The average molecular weight is 514 g/mol. The minimum absolute atomic E-state index is 0.0309. The van der Waals surface area contributed by atoms with Crippen molar-refractivity contribution < 1.29 is 22.6 Å². The zero-order chi connectivity index (χ0) is 25.9. The molecule has 2 fully saturated rings. The van der Waals surface area contributed by atoms with Crippen LogP contribution in [0, 0.1) is 23.4 Å². The number of halogens is 3. The predicted molar refractivity (Wildman–Crippen MR) is 135 cm³/mol. The van der Waals surface area contributed by atoms with Gasteiger partial charge in [0.1, 0.15) is 35.0 Å². The highest BCUT2D eigenvalue weighted by Gasteiger charge is 2.25. The highest BCUT2D eigenvalue weighted by Crippen LogP contribution is 2.32. The average Bonchev–Trinajstić information content (AvgIpc) is 3.36. The molecule has 0 spiro atoms. The third-order valence-electron chi connectivity index (χ3n) is 6.64. The van der Waals surface area contributed by atoms with Gasteiger partial charge in [-0.05, 0) is 30.5 Å². The molecular formula is C27H30F3N5O2. The normalized spacial score (nSPS) is 21.8. The summed E-state index contributed by atoms with van der Waals surface area (Å²) in [5, 5.41) is 3.28. The number of nitrogens with two attached hydrogens (primary N) is 1. The van der Waals surface area contributed by atoms with Crippen molar-refractivity contribution in [2.24, 2.45) is 11.7 Å². The summed E-state index contributed by atoms with van der Waals surface area (Å²) in [5.41, 5.74) is 7.44. The van der Waals surface area contributed by atoms with Crippen molar-refractivity contribution in [1.29, 1.82) is 0 Å². The van der Waals surface area contributed by atoms with Crippen LogP contribution in [0.3, 0.4) is 0 Å². The van der Waals surface area contributed by atoms with Gasteiger partial charge in [0.25, 0.3) is 0 Å². The smallest absolute Gasteiger partial charge is 0.149 e. The fraction of sp³-hybridized carbons (Fsp3) is 0.407. The van der Waals surface area contributed by atoms with E-state index in [2.05, 4.69) is 27.1 Å². The number of hydrogen-bond donors (Lipinski definition) is 2. The first kappa shape index (κ1) is 25.3. The van der Waals surface area contributed by atoms with Gasteiger partial charge in [0.15, 0.2) is 0 Å². The number of hydrogen-bond acceptors (Lipinski definition) is 7. The molecule has 5 rings (SSSR count). The van der Waals surface area contributed by atoms with E-state index >= 15 is 0 Å². The van der Waals surface area contributed by atoms with Crippen LogP contribution in [0.25, 0.3) is 11.3 Å². The maximum Gasteiger partial charge on any atom is 0.149 e. The van der Waals surface area contributed by atoms with E-state index in [1.54, 1.807) is 12.4 Å². The number of aromatic nitrogens is 2. The summed E-state index contributed by atoms with van der Waals surface area (Å²) in [7, 11) is 0. The zero-order valence-corrected chi connectivity index (χ0v) is 20.6. The predicted octanol–water partition coefficient (Wildman–Crippen LogP) is 4.51. The summed E-state index contributed by atoms with van der Waals surface area (Å²) in [4.78, 5) is 10.7. The third kappa shape index (κ3) is 5.80. The second-order valence-electron chi connectivity index (χ2n) is 9.75. The second-order valence-corrected chi connectivity index (χ2v) is 9.75. The molecule has 0 amide bonds. The lowest BCUT2D eigenvalue weighted by atomic mass is 9.96. The first-order valence-electron chi connectivity index (χ1n) is 12.4. The zero-order valence-electron chi connectivity index (χ0n) is 20.6. The molecular weight excluding hydrogens is 483 g/mol. The quantitative estimate of drug-likeness (QED) is 0.481. The van der Waals surface area contributed by atoms with Gasteiger partial charge in [-0.15, -0.1) is 0 Å². The summed E-state index contributed by atoms with van der Waals surface area (Å²) in [6.07, 6.45) is 4.77. The van der Waals surface area contributed by atoms with Crippen LogP contribution in [0.1, 0.15) is 25.5 Å². The Morgan fingerprint density at radius 1 is 1.14 bits per heavy atom. The van der Waals surface area contributed by atoms with Gasteiger partial charge >= 0.3 is 0 Å². The van der Waals surface area contributed by atoms with Crippen LogP contribution < -0.4 is 20.7 Å². The molecule has 2 saturated heterocycles. The van der Waals surface area contributed by atoms with Crippen molar-refractivity contribution in [3.05, 3.63) is 65.9 Å².